The van der Waals surface area contributed by atoms with E-state index in [0.717, 1.165) is 32.4 Å². The van der Waals surface area contributed by atoms with Crippen LogP contribution in [0.2, 0.25) is 0 Å². The number of hydrogen-bond donors (Lipinski definition) is 3. The third-order valence-corrected chi connectivity index (χ3v) is 3.26. The molecule has 0 aromatic heterocycles. The molecule has 0 aliphatic carbocycles. The largest absolute Gasteiger partial charge is 0.480 e. The first-order valence-corrected chi connectivity index (χ1v) is 7.03. The quantitative estimate of drug-likeness (QED) is 0.608. The Hall–Kier alpha value is -2.23. The van der Waals surface area contributed by atoms with E-state index >= 15 is 0 Å². The first kappa shape index (κ1) is 16.8. The first-order chi connectivity index (χ1) is 10.0. The average Bonchev–Trinajstić information content (AvgIpc) is 2.47. The molecule has 1 aliphatic heterocycles. The molecule has 1 aliphatic rings. The van der Waals surface area contributed by atoms with Crippen molar-refractivity contribution in [2.24, 2.45) is 0 Å². The van der Waals surface area contributed by atoms with Crippen molar-refractivity contribution < 1.29 is 19.5 Å². The van der Waals surface area contributed by atoms with E-state index in [1.54, 1.807) is 4.90 Å². The SMILES string of the molecule is C#CCC(NC(=O)NCCC(=O)N1CCCCC1)C(=O)O. The average molecular weight is 295 g/mol. The Kier molecular flexibility index (Phi) is 7.09. The minimum atomic E-state index is -1.19. The number of piperidine rings is 1. The molecule has 7 nitrogen and oxygen atoms in total. The molecule has 0 spiro atoms. The van der Waals surface area contributed by atoms with Gasteiger partial charge in [0.05, 0.1) is 0 Å². The van der Waals surface area contributed by atoms with E-state index in [0.29, 0.717) is 0 Å². The number of terminal acetylenes is 1. The summed E-state index contributed by atoms with van der Waals surface area (Å²) in [4.78, 5) is 36.0. The van der Waals surface area contributed by atoms with Gasteiger partial charge in [-0.1, -0.05) is 0 Å². The van der Waals surface area contributed by atoms with Crippen molar-refractivity contribution in [2.75, 3.05) is 19.6 Å². The molecule has 1 unspecified atom stereocenters. The zero-order valence-corrected chi connectivity index (χ0v) is 11.9. The fourth-order valence-electron chi connectivity index (χ4n) is 2.11. The Morgan fingerprint density at radius 2 is 1.90 bits per heavy atom. The summed E-state index contributed by atoms with van der Waals surface area (Å²) in [7, 11) is 0. The normalized spacial score (nSPS) is 15.7. The second-order valence-electron chi connectivity index (χ2n) is 4.89. The van der Waals surface area contributed by atoms with Gasteiger partial charge in [0, 0.05) is 32.5 Å². The van der Waals surface area contributed by atoms with Crippen LogP contribution >= 0.6 is 0 Å². The monoisotopic (exact) mass is 295 g/mol. The van der Waals surface area contributed by atoms with Gasteiger partial charge in [-0.25, -0.2) is 9.59 Å². The minimum Gasteiger partial charge on any atom is -0.480 e. The van der Waals surface area contributed by atoms with Gasteiger partial charge in [0.15, 0.2) is 0 Å². The number of carboxylic acid groups (broad SMARTS) is 1. The number of nitrogens with zero attached hydrogens (tertiary/aromatic N) is 1. The molecule has 7 heteroatoms. The molecule has 0 bridgehead atoms. The number of urea groups is 1. The van der Waals surface area contributed by atoms with Crippen molar-refractivity contribution in [1.29, 1.82) is 0 Å². The number of carbonyl (C=O) groups excluding carboxylic acids is 2. The molecule has 21 heavy (non-hydrogen) atoms. The lowest BCUT2D eigenvalue weighted by Crippen LogP contribution is -2.46. The maximum Gasteiger partial charge on any atom is 0.327 e. The van der Waals surface area contributed by atoms with Crippen LogP contribution in [0.15, 0.2) is 0 Å². The molecule has 116 valence electrons. The lowest BCUT2D eigenvalue weighted by Gasteiger charge is -2.26. The van der Waals surface area contributed by atoms with Crippen molar-refractivity contribution >= 4 is 17.9 Å². The Balaban J connectivity index is 2.24. The van der Waals surface area contributed by atoms with Crippen LogP contribution < -0.4 is 10.6 Å². The number of carbonyl (C=O) groups is 3. The number of aliphatic carboxylic acids is 1. The van der Waals surface area contributed by atoms with E-state index in [1.807, 2.05) is 0 Å². The third-order valence-electron chi connectivity index (χ3n) is 3.26. The molecule has 1 heterocycles. The predicted molar refractivity (Wildman–Crippen MR) is 76.5 cm³/mol. The number of rotatable bonds is 6. The molecule has 1 atom stereocenters. The molecule has 1 fully saturated rings. The van der Waals surface area contributed by atoms with E-state index < -0.39 is 18.0 Å². The van der Waals surface area contributed by atoms with Crippen LogP contribution in [0, 0.1) is 12.3 Å². The zero-order chi connectivity index (χ0) is 15.7. The summed E-state index contributed by atoms with van der Waals surface area (Å²) in [6, 6.07) is -1.75. The number of nitrogens with one attached hydrogen (secondary N) is 2. The number of hydrogen-bond acceptors (Lipinski definition) is 3. The van der Waals surface area contributed by atoms with Gasteiger partial charge in [0.1, 0.15) is 6.04 Å². The molecule has 1 saturated heterocycles. The highest BCUT2D eigenvalue weighted by Gasteiger charge is 2.19. The van der Waals surface area contributed by atoms with E-state index in [1.165, 1.54) is 0 Å². The van der Waals surface area contributed by atoms with E-state index in [4.69, 9.17) is 11.5 Å². The minimum absolute atomic E-state index is 0.00779. The Bertz CT molecular complexity index is 424. The van der Waals surface area contributed by atoms with Crippen molar-refractivity contribution in [3.8, 4) is 12.3 Å². The van der Waals surface area contributed by atoms with Crippen molar-refractivity contribution in [3.63, 3.8) is 0 Å². The molecule has 0 aromatic rings. The van der Waals surface area contributed by atoms with E-state index in [9.17, 15) is 14.4 Å². The molecule has 0 saturated carbocycles. The van der Waals surface area contributed by atoms with Crippen molar-refractivity contribution in [2.45, 2.75) is 38.1 Å². The molecule has 3 N–H and O–H groups in total. The highest BCUT2D eigenvalue weighted by Crippen LogP contribution is 2.09. The molecule has 0 radical (unpaired) electrons. The van der Waals surface area contributed by atoms with Crippen LogP contribution in [0.1, 0.15) is 32.1 Å². The fourth-order valence-corrected chi connectivity index (χ4v) is 2.11. The molecule has 1 rings (SSSR count). The maximum absolute atomic E-state index is 11.8. The summed E-state index contributed by atoms with van der Waals surface area (Å²) in [5, 5.41) is 13.6. The smallest absolute Gasteiger partial charge is 0.327 e. The zero-order valence-electron chi connectivity index (χ0n) is 11.9. The van der Waals surface area contributed by atoms with Gasteiger partial charge < -0.3 is 20.6 Å². The van der Waals surface area contributed by atoms with Gasteiger partial charge in [-0.2, -0.15) is 0 Å². The van der Waals surface area contributed by atoms with Crippen LogP contribution in [0.3, 0.4) is 0 Å². The van der Waals surface area contributed by atoms with Gasteiger partial charge >= 0.3 is 12.0 Å². The Morgan fingerprint density at radius 3 is 2.48 bits per heavy atom. The number of amides is 3. The van der Waals surface area contributed by atoms with Crippen molar-refractivity contribution in [1.82, 2.24) is 15.5 Å². The summed E-state index contributed by atoms with van der Waals surface area (Å²) in [6.07, 6.45) is 8.34. The third kappa shape index (κ3) is 6.17. The standard InChI is InChI=1S/C14H21N3O4/c1-2-6-11(13(19)20)16-14(21)15-8-7-12(18)17-9-4-3-5-10-17/h1,11H,3-10H2,(H,19,20)(H2,15,16,21). The molecule has 0 aromatic carbocycles. The van der Waals surface area contributed by atoms with Crippen molar-refractivity contribution in [3.05, 3.63) is 0 Å². The van der Waals surface area contributed by atoms with Crippen LogP contribution in [0.25, 0.3) is 0 Å². The Labute approximate surface area is 124 Å². The van der Waals surface area contributed by atoms with Gasteiger partial charge in [-0.05, 0) is 19.3 Å². The van der Waals surface area contributed by atoms with Gasteiger partial charge in [0.2, 0.25) is 5.91 Å². The number of likely N-dealkylation sites (tertiary alicyclic amines) is 1. The summed E-state index contributed by atoms with van der Waals surface area (Å²) >= 11 is 0. The lowest BCUT2D eigenvalue weighted by atomic mass is 10.1. The fraction of sp³-hybridized carbons (Fsp3) is 0.643. The summed E-state index contributed by atoms with van der Waals surface area (Å²) in [5.41, 5.74) is 0. The van der Waals surface area contributed by atoms with Crippen LogP contribution in [-0.2, 0) is 9.59 Å². The van der Waals surface area contributed by atoms with Crippen LogP contribution in [-0.4, -0.2) is 53.6 Å². The van der Waals surface area contributed by atoms with Gasteiger partial charge in [-0.15, -0.1) is 12.3 Å². The Morgan fingerprint density at radius 1 is 1.24 bits per heavy atom. The maximum atomic E-state index is 11.8. The summed E-state index contributed by atoms with van der Waals surface area (Å²) in [5.74, 6) is 1.01. The van der Waals surface area contributed by atoms with Crippen LogP contribution in [0.5, 0.6) is 0 Å². The topological polar surface area (TPSA) is 98.7 Å². The highest BCUT2D eigenvalue weighted by atomic mass is 16.4. The van der Waals surface area contributed by atoms with Gasteiger partial charge in [0.25, 0.3) is 0 Å². The van der Waals surface area contributed by atoms with Crippen LogP contribution in [0.4, 0.5) is 4.79 Å². The second kappa shape index (κ2) is 8.84. The first-order valence-electron chi connectivity index (χ1n) is 7.03. The summed E-state index contributed by atoms with van der Waals surface area (Å²) in [6.45, 7) is 1.71. The highest BCUT2D eigenvalue weighted by molar-refractivity contribution is 5.83. The van der Waals surface area contributed by atoms with Gasteiger partial charge in [-0.3, -0.25) is 4.79 Å². The summed E-state index contributed by atoms with van der Waals surface area (Å²) < 4.78 is 0. The molecule has 3 amide bonds. The number of carboxylic acids is 1. The molecular weight excluding hydrogens is 274 g/mol. The molecular formula is C14H21N3O4. The van der Waals surface area contributed by atoms with E-state index in [2.05, 4.69) is 16.6 Å². The predicted octanol–water partition coefficient (Wildman–Crippen LogP) is 0.165. The lowest BCUT2D eigenvalue weighted by molar-refractivity contribution is -0.139. The van der Waals surface area contributed by atoms with E-state index in [-0.39, 0.29) is 25.3 Å². The second-order valence-corrected chi connectivity index (χ2v) is 4.89.